The Morgan fingerprint density at radius 1 is 0.433 bits per heavy atom. The number of hydrogen-bond donors (Lipinski definition) is 0. The van der Waals surface area contributed by atoms with Crippen LogP contribution in [0.4, 0.5) is 5.69 Å². The summed E-state index contributed by atoms with van der Waals surface area (Å²) in [6, 6.07) is 22.8. The van der Waals surface area contributed by atoms with Gasteiger partial charge in [-0.2, -0.15) is 0 Å². The molecule has 312 valence electrons. The van der Waals surface area contributed by atoms with Gasteiger partial charge in [-0.25, -0.2) is 4.90 Å². The molecule has 0 aromatic heterocycles. The normalized spacial score (nSPS) is 14.1. The molecule has 0 fully saturated rings. The number of hydrogen-bond acceptors (Lipinski definition) is 4. The lowest BCUT2D eigenvalue weighted by Crippen LogP contribution is -2.47. The molecular weight excluding hydrogens is 855 g/mol. The van der Waals surface area contributed by atoms with Gasteiger partial charge in [0.2, 0.25) is 0 Å². The van der Waals surface area contributed by atoms with E-state index in [4.69, 9.17) is 0 Å². The van der Waals surface area contributed by atoms with Gasteiger partial charge in [0, 0.05) is 42.6 Å². The van der Waals surface area contributed by atoms with Crippen LogP contribution in [0, 0.1) is 3.57 Å². The maximum atomic E-state index is 14.7. The van der Waals surface area contributed by atoms with Gasteiger partial charge in [0.1, 0.15) is 0 Å². The third-order valence-corrected chi connectivity index (χ3v) is 14.1. The number of amides is 4. The average Bonchev–Trinajstić information content (AvgIpc) is 3.25. The van der Waals surface area contributed by atoms with Gasteiger partial charge in [0.25, 0.3) is 23.6 Å². The Bertz CT molecular complexity index is 2420. The first-order valence-corrected chi connectivity index (χ1v) is 24.2. The fourth-order valence-corrected chi connectivity index (χ4v) is 10.8. The standard InChI is InChI=1S/C53H59IN2O4/c1-3-5-7-9-11-13-15-17-19-23-36(24-20-18-16-14-12-10-8-6-4-2)55-50(57)42-30-26-38-40-28-32-44-49-45(53(60)56(52(44)59)37-25-21-22-35(54)34-37)33-29-41(47(40)49)39-27-31-43(51(55)58)48(42)46(38)39/h21-22,25-34,36H,3-20,23-24H2,1-2H3. The molecule has 0 atom stereocenters. The van der Waals surface area contributed by atoms with Gasteiger partial charge in [0.15, 0.2) is 0 Å². The molecule has 6 aromatic carbocycles. The Labute approximate surface area is 368 Å². The summed E-state index contributed by atoms with van der Waals surface area (Å²) >= 11 is 2.19. The lowest BCUT2D eigenvalue weighted by molar-refractivity contribution is 0.0516. The molecule has 0 radical (unpaired) electrons. The summed E-state index contributed by atoms with van der Waals surface area (Å²) in [5.74, 6) is -1.05. The van der Waals surface area contributed by atoms with Crippen LogP contribution in [0.2, 0.25) is 0 Å². The van der Waals surface area contributed by atoms with Crippen LogP contribution in [0.15, 0.2) is 72.8 Å². The largest absolute Gasteiger partial charge is 0.271 e. The van der Waals surface area contributed by atoms with E-state index in [1.807, 2.05) is 66.7 Å². The van der Waals surface area contributed by atoms with Crippen molar-refractivity contribution in [2.75, 3.05) is 4.90 Å². The highest BCUT2D eigenvalue weighted by Gasteiger charge is 2.39. The lowest BCUT2D eigenvalue weighted by Gasteiger charge is -2.35. The molecule has 60 heavy (non-hydrogen) atoms. The van der Waals surface area contributed by atoms with Crippen molar-refractivity contribution in [2.24, 2.45) is 0 Å². The minimum absolute atomic E-state index is 0.125. The number of benzene rings is 6. The molecule has 7 heteroatoms. The number of unbranched alkanes of at least 4 members (excludes halogenated alkanes) is 16. The highest BCUT2D eigenvalue weighted by Crippen LogP contribution is 2.47. The van der Waals surface area contributed by atoms with Crippen LogP contribution >= 0.6 is 22.6 Å². The van der Waals surface area contributed by atoms with Crippen LogP contribution in [0.3, 0.4) is 0 Å². The summed E-state index contributed by atoms with van der Waals surface area (Å²) in [6.07, 6.45) is 24.0. The molecule has 0 N–H and O–H groups in total. The Morgan fingerprint density at radius 2 is 0.800 bits per heavy atom. The van der Waals surface area contributed by atoms with Gasteiger partial charge in [-0.3, -0.25) is 24.1 Å². The first-order chi connectivity index (χ1) is 29.3. The number of imide groups is 2. The third kappa shape index (κ3) is 8.08. The smallest absolute Gasteiger partial charge is 0.265 e. The topological polar surface area (TPSA) is 74.8 Å². The molecule has 0 spiro atoms. The lowest BCUT2D eigenvalue weighted by atomic mass is 9.82. The molecule has 8 rings (SSSR count). The van der Waals surface area contributed by atoms with E-state index in [0.29, 0.717) is 33.3 Å². The molecule has 0 bridgehead atoms. The maximum Gasteiger partial charge on any atom is 0.265 e. The summed E-state index contributed by atoms with van der Waals surface area (Å²) in [4.78, 5) is 60.6. The minimum atomic E-state index is -0.343. The summed E-state index contributed by atoms with van der Waals surface area (Å²) < 4.78 is 0.937. The predicted molar refractivity (Wildman–Crippen MR) is 256 cm³/mol. The van der Waals surface area contributed by atoms with Gasteiger partial charge in [0.05, 0.1) is 5.69 Å². The zero-order valence-electron chi connectivity index (χ0n) is 35.6. The molecule has 0 aliphatic carbocycles. The van der Waals surface area contributed by atoms with E-state index >= 15 is 0 Å². The first kappa shape index (κ1) is 42.3. The van der Waals surface area contributed by atoms with Crippen molar-refractivity contribution >= 4 is 95.0 Å². The van der Waals surface area contributed by atoms with E-state index in [9.17, 15) is 19.2 Å². The zero-order valence-corrected chi connectivity index (χ0v) is 37.7. The third-order valence-electron chi connectivity index (χ3n) is 13.4. The van der Waals surface area contributed by atoms with Crippen molar-refractivity contribution in [1.29, 1.82) is 0 Å². The average molecular weight is 915 g/mol. The number of nitrogens with zero attached hydrogens (tertiary/aromatic N) is 2. The van der Waals surface area contributed by atoms with Crippen LogP contribution in [-0.4, -0.2) is 34.6 Å². The van der Waals surface area contributed by atoms with Crippen LogP contribution in [0.25, 0.3) is 43.1 Å². The molecule has 2 heterocycles. The van der Waals surface area contributed by atoms with Crippen LogP contribution in [-0.2, 0) is 0 Å². The summed E-state index contributed by atoms with van der Waals surface area (Å²) in [5, 5.41) is 6.77. The molecule has 0 saturated carbocycles. The first-order valence-electron chi connectivity index (χ1n) is 23.1. The molecular formula is C53H59IN2O4. The second-order valence-electron chi connectivity index (χ2n) is 17.4. The molecule has 4 amide bonds. The SMILES string of the molecule is CCCCCCCCCCCC(CCCCCCCCCCC)N1C(=O)c2ccc3c4ccc5c6c(ccc(c7ccc(c2c37)C1=O)c64)C(=O)N(c1cccc(I)c1)C5=O. The Kier molecular flexibility index (Phi) is 13.5. The van der Waals surface area contributed by atoms with Crippen LogP contribution < -0.4 is 4.90 Å². The van der Waals surface area contributed by atoms with Gasteiger partial charge < -0.3 is 0 Å². The van der Waals surface area contributed by atoms with E-state index in [2.05, 4.69) is 36.4 Å². The number of anilines is 1. The molecule has 2 aliphatic heterocycles. The monoisotopic (exact) mass is 914 g/mol. The number of fused-ring (bicyclic) bond motifs is 2. The second-order valence-corrected chi connectivity index (χ2v) is 18.7. The van der Waals surface area contributed by atoms with Gasteiger partial charge in [-0.15, -0.1) is 0 Å². The van der Waals surface area contributed by atoms with Gasteiger partial charge >= 0.3 is 0 Å². The van der Waals surface area contributed by atoms with E-state index in [1.165, 1.54) is 94.8 Å². The minimum Gasteiger partial charge on any atom is -0.271 e. The predicted octanol–water partition coefficient (Wildman–Crippen LogP) is 14.9. The van der Waals surface area contributed by atoms with Gasteiger partial charge in [-0.1, -0.05) is 160 Å². The van der Waals surface area contributed by atoms with Crippen molar-refractivity contribution in [3.63, 3.8) is 0 Å². The Morgan fingerprint density at radius 3 is 1.18 bits per heavy atom. The Balaban J connectivity index is 1.09. The van der Waals surface area contributed by atoms with Crippen molar-refractivity contribution in [1.82, 2.24) is 4.90 Å². The van der Waals surface area contributed by atoms with Crippen molar-refractivity contribution in [3.05, 3.63) is 98.6 Å². The van der Waals surface area contributed by atoms with E-state index in [0.717, 1.165) is 79.8 Å². The number of halogens is 1. The fourth-order valence-electron chi connectivity index (χ4n) is 10.3. The van der Waals surface area contributed by atoms with Crippen molar-refractivity contribution in [3.8, 4) is 0 Å². The highest BCUT2D eigenvalue weighted by molar-refractivity contribution is 14.1. The maximum absolute atomic E-state index is 14.7. The molecule has 6 nitrogen and oxygen atoms in total. The number of carbonyl (C=O) groups is 4. The Hall–Kier alpha value is -4.37. The summed E-state index contributed by atoms with van der Waals surface area (Å²) in [7, 11) is 0. The van der Waals surface area contributed by atoms with E-state index in [-0.39, 0.29) is 29.7 Å². The highest BCUT2D eigenvalue weighted by atomic mass is 127. The van der Waals surface area contributed by atoms with Crippen LogP contribution in [0.1, 0.15) is 184 Å². The van der Waals surface area contributed by atoms with E-state index in [1.54, 1.807) is 11.0 Å². The van der Waals surface area contributed by atoms with E-state index < -0.39 is 0 Å². The van der Waals surface area contributed by atoms with Crippen molar-refractivity contribution in [2.45, 2.75) is 148 Å². The quantitative estimate of drug-likeness (QED) is 0.0224. The van der Waals surface area contributed by atoms with Crippen molar-refractivity contribution < 1.29 is 19.2 Å². The molecule has 6 aromatic rings. The zero-order chi connectivity index (χ0) is 41.8. The fraction of sp³-hybridized carbons (Fsp3) is 0.434. The summed E-state index contributed by atoms with van der Waals surface area (Å²) in [6.45, 7) is 4.51. The number of carbonyl (C=O) groups excluding carboxylic acids is 4. The van der Waals surface area contributed by atoms with Gasteiger partial charge in [-0.05, 0) is 110 Å². The molecule has 2 aliphatic rings. The molecule has 0 saturated heterocycles. The summed E-state index contributed by atoms with van der Waals surface area (Å²) in [5.41, 5.74) is 2.70. The second kappa shape index (κ2) is 19.1. The molecule has 0 unspecified atom stereocenters. The van der Waals surface area contributed by atoms with Crippen LogP contribution in [0.5, 0.6) is 0 Å². The number of rotatable bonds is 22.